The highest BCUT2D eigenvalue weighted by molar-refractivity contribution is 6.35. The summed E-state index contributed by atoms with van der Waals surface area (Å²) in [5.41, 5.74) is 5.17. The van der Waals surface area contributed by atoms with Crippen LogP contribution < -0.4 is 5.32 Å². The van der Waals surface area contributed by atoms with E-state index >= 15 is 0 Å². The third kappa shape index (κ3) is 1.29. The zero-order chi connectivity index (χ0) is 10.4. The fourth-order valence-corrected chi connectivity index (χ4v) is 2.62. The molecular weight excluding hydrogens is 208 g/mol. The van der Waals surface area contributed by atoms with E-state index in [1.165, 1.54) is 27.7 Å². The number of aromatic nitrogens is 1. The summed E-state index contributed by atoms with van der Waals surface area (Å²) < 4.78 is 0. The largest absolute Gasteiger partial charge is 0.358 e. The Bertz CT molecular complexity index is 528. The summed E-state index contributed by atoms with van der Waals surface area (Å²) in [5.74, 6) is 0. The quantitative estimate of drug-likeness (QED) is 0.702. The molecule has 0 bridgehead atoms. The predicted molar refractivity (Wildman–Crippen MR) is 63.5 cm³/mol. The van der Waals surface area contributed by atoms with Crippen molar-refractivity contribution in [3.63, 3.8) is 0 Å². The first-order chi connectivity index (χ1) is 7.27. The van der Waals surface area contributed by atoms with Gasteiger partial charge in [-0.25, -0.2) is 0 Å². The molecule has 0 unspecified atom stereocenters. The lowest BCUT2D eigenvalue weighted by Crippen LogP contribution is -2.22. The van der Waals surface area contributed by atoms with Crippen LogP contribution in [0.1, 0.15) is 16.8 Å². The summed E-state index contributed by atoms with van der Waals surface area (Å²) in [5, 5.41) is 5.45. The number of nitrogens with one attached hydrogen (secondary N) is 2. The third-order valence-electron chi connectivity index (χ3n) is 3.16. The molecule has 0 saturated heterocycles. The van der Waals surface area contributed by atoms with Crippen LogP contribution in [0.5, 0.6) is 0 Å². The van der Waals surface area contributed by atoms with Gasteiger partial charge in [-0.2, -0.15) is 0 Å². The molecule has 0 amide bonds. The smallest absolute Gasteiger partial charge is 0.0504 e. The van der Waals surface area contributed by atoms with Crippen molar-refractivity contribution in [1.82, 2.24) is 10.3 Å². The molecule has 78 valence electrons. The summed E-state index contributed by atoms with van der Waals surface area (Å²) in [6.45, 7) is 4.10. The molecular formula is C12H13ClN2. The Morgan fingerprint density at radius 3 is 3.07 bits per heavy atom. The standard InChI is InChI=1S/C12H13ClN2/c1-7-2-3-9(13)11-8-6-14-5-4-10(8)15-12(7)11/h2-3,14-15H,4-6H2,1H3. The average molecular weight is 221 g/mol. The molecule has 0 spiro atoms. The van der Waals surface area contributed by atoms with Crippen LogP contribution in [0.2, 0.25) is 5.02 Å². The molecule has 2 N–H and O–H groups in total. The molecule has 2 heterocycles. The van der Waals surface area contributed by atoms with Crippen LogP contribution in [0.4, 0.5) is 0 Å². The highest BCUT2D eigenvalue weighted by Crippen LogP contribution is 2.32. The summed E-state index contributed by atoms with van der Waals surface area (Å²) in [6.07, 6.45) is 1.07. The minimum atomic E-state index is 0.858. The SMILES string of the molecule is Cc1ccc(Cl)c2c3c([nH]c12)CCNC3. The van der Waals surface area contributed by atoms with Crippen molar-refractivity contribution in [2.24, 2.45) is 0 Å². The van der Waals surface area contributed by atoms with Gasteiger partial charge in [0.1, 0.15) is 0 Å². The molecule has 15 heavy (non-hydrogen) atoms. The van der Waals surface area contributed by atoms with Gasteiger partial charge in [0, 0.05) is 30.6 Å². The minimum absolute atomic E-state index is 0.858. The molecule has 1 aliphatic rings. The van der Waals surface area contributed by atoms with Gasteiger partial charge in [0.2, 0.25) is 0 Å². The maximum absolute atomic E-state index is 6.26. The number of benzene rings is 1. The van der Waals surface area contributed by atoms with E-state index in [2.05, 4.69) is 23.3 Å². The van der Waals surface area contributed by atoms with Crippen molar-refractivity contribution < 1.29 is 0 Å². The number of fused-ring (bicyclic) bond motifs is 3. The highest BCUT2D eigenvalue weighted by Gasteiger charge is 2.17. The van der Waals surface area contributed by atoms with Gasteiger partial charge in [-0.1, -0.05) is 17.7 Å². The van der Waals surface area contributed by atoms with Gasteiger partial charge in [0.25, 0.3) is 0 Å². The van der Waals surface area contributed by atoms with E-state index in [1.807, 2.05) is 6.07 Å². The average Bonchev–Trinajstić information content (AvgIpc) is 2.64. The van der Waals surface area contributed by atoms with Crippen molar-refractivity contribution in [2.45, 2.75) is 19.9 Å². The van der Waals surface area contributed by atoms with E-state index in [1.54, 1.807) is 0 Å². The molecule has 0 atom stereocenters. The zero-order valence-corrected chi connectivity index (χ0v) is 9.41. The molecule has 1 aromatic carbocycles. The number of H-pyrrole nitrogens is 1. The molecule has 0 aliphatic carbocycles. The normalized spacial score (nSPS) is 15.6. The monoisotopic (exact) mass is 220 g/mol. The number of aromatic amines is 1. The third-order valence-corrected chi connectivity index (χ3v) is 3.47. The number of hydrogen-bond acceptors (Lipinski definition) is 1. The van der Waals surface area contributed by atoms with E-state index in [-0.39, 0.29) is 0 Å². The van der Waals surface area contributed by atoms with Crippen molar-refractivity contribution in [3.05, 3.63) is 34.0 Å². The first kappa shape index (κ1) is 9.25. The lowest BCUT2D eigenvalue weighted by atomic mass is 10.0. The molecule has 0 fully saturated rings. The second-order valence-electron chi connectivity index (χ2n) is 4.12. The van der Waals surface area contributed by atoms with Crippen LogP contribution in [0.25, 0.3) is 10.9 Å². The molecule has 0 radical (unpaired) electrons. The summed E-state index contributed by atoms with van der Waals surface area (Å²) in [4.78, 5) is 3.50. The van der Waals surface area contributed by atoms with E-state index in [0.29, 0.717) is 0 Å². The molecule has 3 heteroatoms. The molecule has 2 aromatic rings. The lowest BCUT2D eigenvalue weighted by molar-refractivity contribution is 0.641. The van der Waals surface area contributed by atoms with Gasteiger partial charge in [-0.05, 0) is 24.1 Å². The Hall–Kier alpha value is -0.990. The highest BCUT2D eigenvalue weighted by atomic mass is 35.5. The predicted octanol–water partition coefficient (Wildman–Crippen LogP) is 2.78. The fourth-order valence-electron chi connectivity index (χ4n) is 2.35. The number of rotatable bonds is 0. The number of hydrogen-bond donors (Lipinski definition) is 2. The van der Waals surface area contributed by atoms with Crippen molar-refractivity contribution in [1.29, 1.82) is 0 Å². The molecule has 3 rings (SSSR count). The van der Waals surface area contributed by atoms with Crippen molar-refractivity contribution in [2.75, 3.05) is 6.54 Å². The topological polar surface area (TPSA) is 27.8 Å². The minimum Gasteiger partial charge on any atom is -0.358 e. The van der Waals surface area contributed by atoms with Gasteiger partial charge in [-0.3, -0.25) is 0 Å². The Morgan fingerprint density at radius 2 is 2.20 bits per heavy atom. The van der Waals surface area contributed by atoms with Gasteiger partial charge in [0.05, 0.1) is 10.5 Å². The Kier molecular flexibility index (Phi) is 2.01. The van der Waals surface area contributed by atoms with Crippen LogP contribution in [-0.2, 0) is 13.0 Å². The second-order valence-corrected chi connectivity index (χ2v) is 4.53. The summed E-state index contributed by atoms with van der Waals surface area (Å²) in [7, 11) is 0. The summed E-state index contributed by atoms with van der Waals surface area (Å²) >= 11 is 6.26. The van der Waals surface area contributed by atoms with E-state index in [4.69, 9.17) is 11.6 Å². The van der Waals surface area contributed by atoms with E-state index < -0.39 is 0 Å². The van der Waals surface area contributed by atoms with Crippen molar-refractivity contribution >= 4 is 22.5 Å². The maximum atomic E-state index is 6.26. The van der Waals surface area contributed by atoms with E-state index in [9.17, 15) is 0 Å². The molecule has 0 saturated carbocycles. The number of halogens is 1. The summed E-state index contributed by atoms with van der Waals surface area (Å²) in [6, 6.07) is 4.06. The van der Waals surface area contributed by atoms with Gasteiger partial charge >= 0.3 is 0 Å². The second kappa shape index (κ2) is 3.26. The fraction of sp³-hybridized carbons (Fsp3) is 0.333. The molecule has 2 nitrogen and oxygen atoms in total. The first-order valence-corrected chi connectivity index (χ1v) is 5.64. The van der Waals surface area contributed by atoms with Crippen LogP contribution >= 0.6 is 11.6 Å². The Labute approximate surface area is 93.6 Å². The Morgan fingerprint density at radius 1 is 1.33 bits per heavy atom. The van der Waals surface area contributed by atoms with Crippen LogP contribution in [-0.4, -0.2) is 11.5 Å². The number of aryl methyl sites for hydroxylation is 1. The van der Waals surface area contributed by atoms with E-state index in [0.717, 1.165) is 24.5 Å². The zero-order valence-electron chi connectivity index (χ0n) is 8.65. The van der Waals surface area contributed by atoms with Crippen LogP contribution in [0.3, 0.4) is 0 Å². The van der Waals surface area contributed by atoms with Gasteiger partial charge < -0.3 is 10.3 Å². The molecule has 1 aliphatic heterocycles. The Balaban J connectivity index is 2.41. The molecule has 1 aromatic heterocycles. The van der Waals surface area contributed by atoms with Gasteiger partial charge in [-0.15, -0.1) is 0 Å². The van der Waals surface area contributed by atoms with Gasteiger partial charge in [0.15, 0.2) is 0 Å². The first-order valence-electron chi connectivity index (χ1n) is 5.26. The van der Waals surface area contributed by atoms with Crippen LogP contribution in [0, 0.1) is 6.92 Å². The maximum Gasteiger partial charge on any atom is 0.0504 e. The van der Waals surface area contributed by atoms with Crippen molar-refractivity contribution in [3.8, 4) is 0 Å². The van der Waals surface area contributed by atoms with Crippen LogP contribution in [0.15, 0.2) is 12.1 Å². The lowest BCUT2D eigenvalue weighted by Gasteiger charge is -2.12.